The van der Waals surface area contributed by atoms with Crippen LogP contribution in [0.25, 0.3) is 0 Å². The van der Waals surface area contributed by atoms with E-state index in [1.165, 1.54) is 6.92 Å². The number of hydrogen-bond donors (Lipinski definition) is 2. The Hall–Kier alpha value is -3.67. The first-order valence-corrected chi connectivity index (χ1v) is 9.02. The quantitative estimate of drug-likeness (QED) is 0.722. The van der Waals surface area contributed by atoms with Crippen LogP contribution in [-0.2, 0) is 4.79 Å². The fourth-order valence-electron chi connectivity index (χ4n) is 3.30. The Balaban J connectivity index is 1.68. The highest BCUT2D eigenvalue weighted by atomic mass is 16.2. The van der Waals surface area contributed by atoms with Crippen LogP contribution in [0.15, 0.2) is 66.9 Å². The number of fused-ring (bicyclic) bond motifs is 1. The number of anilines is 3. The molecule has 4 rings (SSSR count). The number of hydrogen-bond acceptors (Lipinski definition) is 4. The van der Waals surface area contributed by atoms with Crippen LogP contribution in [0.2, 0.25) is 0 Å². The molecule has 2 aromatic carbocycles. The van der Waals surface area contributed by atoms with Crippen molar-refractivity contribution in [1.29, 1.82) is 0 Å². The van der Waals surface area contributed by atoms with E-state index in [9.17, 15) is 9.59 Å². The monoisotopic (exact) mass is 372 g/mol. The van der Waals surface area contributed by atoms with Gasteiger partial charge in [-0.1, -0.05) is 17.7 Å². The Kier molecular flexibility index (Phi) is 4.53. The number of aromatic nitrogens is 1. The van der Waals surface area contributed by atoms with E-state index in [0.717, 1.165) is 22.6 Å². The first-order chi connectivity index (χ1) is 13.5. The third kappa shape index (κ3) is 3.32. The first kappa shape index (κ1) is 17.7. The van der Waals surface area contributed by atoms with Crippen LogP contribution >= 0.6 is 0 Å². The Morgan fingerprint density at radius 3 is 2.36 bits per heavy atom. The SMILES string of the molecule is CC(=O)Nc1ccc(N[C@@H]2c3ncccc3C(=O)N2c2ccc(C)cc2)cc1. The summed E-state index contributed by atoms with van der Waals surface area (Å²) in [5, 5.41) is 6.15. The number of carbonyl (C=O) groups excluding carboxylic acids is 2. The molecule has 1 atom stereocenters. The standard InChI is InChI=1S/C22H20N4O2/c1-14-5-11-18(12-6-14)26-21(20-19(22(26)28)4-3-13-23-20)25-17-9-7-16(8-10-17)24-15(2)27/h3-13,21,25H,1-2H3,(H,24,27)/t21-/m0/s1. The Bertz CT molecular complexity index is 1030. The number of aryl methyl sites for hydroxylation is 1. The number of nitrogens with zero attached hydrogens (tertiary/aromatic N) is 2. The van der Waals surface area contributed by atoms with Gasteiger partial charge in [0, 0.05) is 30.2 Å². The van der Waals surface area contributed by atoms with Crippen LogP contribution in [0.5, 0.6) is 0 Å². The Labute approximate surface area is 163 Å². The van der Waals surface area contributed by atoms with Crippen molar-refractivity contribution in [3.05, 3.63) is 83.7 Å². The van der Waals surface area contributed by atoms with Crippen LogP contribution in [0.1, 0.15) is 34.7 Å². The summed E-state index contributed by atoms with van der Waals surface area (Å²) in [6, 6.07) is 18.8. The van der Waals surface area contributed by atoms with E-state index in [4.69, 9.17) is 0 Å². The summed E-state index contributed by atoms with van der Waals surface area (Å²) in [6.45, 7) is 3.48. The highest BCUT2D eigenvalue weighted by Gasteiger charge is 2.38. The number of amides is 2. The molecule has 0 saturated heterocycles. The molecule has 1 aliphatic heterocycles. The van der Waals surface area contributed by atoms with E-state index in [2.05, 4.69) is 15.6 Å². The van der Waals surface area contributed by atoms with E-state index in [-0.39, 0.29) is 11.8 Å². The first-order valence-electron chi connectivity index (χ1n) is 9.02. The topological polar surface area (TPSA) is 74.3 Å². The van der Waals surface area contributed by atoms with Crippen molar-refractivity contribution in [3.63, 3.8) is 0 Å². The zero-order chi connectivity index (χ0) is 19.7. The Morgan fingerprint density at radius 1 is 1.00 bits per heavy atom. The summed E-state index contributed by atoms with van der Waals surface area (Å²) in [6.07, 6.45) is 1.28. The van der Waals surface area contributed by atoms with Crippen LogP contribution in [-0.4, -0.2) is 16.8 Å². The molecule has 0 fully saturated rings. The molecule has 28 heavy (non-hydrogen) atoms. The molecule has 2 amide bonds. The van der Waals surface area contributed by atoms with Gasteiger partial charge >= 0.3 is 0 Å². The Morgan fingerprint density at radius 2 is 1.68 bits per heavy atom. The normalized spacial score (nSPS) is 15.3. The lowest BCUT2D eigenvalue weighted by atomic mass is 10.2. The molecule has 2 heterocycles. The van der Waals surface area contributed by atoms with Crippen molar-refractivity contribution < 1.29 is 9.59 Å². The van der Waals surface area contributed by atoms with E-state index < -0.39 is 6.17 Å². The minimum Gasteiger partial charge on any atom is -0.360 e. The molecule has 1 aromatic heterocycles. The lowest BCUT2D eigenvalue weighted by Crippen LogP contribution is -2.32. The van der Waals surface area contributed by atoms with Crippen LogP contribution < -0.4 is 15.5 Å². The number of rotatable bonds is 4. The second-order valence-electron chi connectivity index (χ2n) is 6.75. The van der Waals surface area contributed by atoms with Crippen molar-refractivity contribution >= 4 is 28.9 Å². The van der Waals surface area contributed by atoms with Crippen molar-refractivity contribution in [3.8, 4) is 0 Å². The highest BCUT2D eigenvalue weighted by molar-refractivity contribution is 6.11. The van der Waals surface area contributed by atoms with Crippen LogP contribution in [0, 0.1) is 6.92 Å². The molecule has 6 nitrogen and oxygen atoms in total. The van der Waals surface area contributed by atoms with Gasteiger partial charge in [-0.3, -0.25) is 19.5 Å². The second kappa shape index (κ2) is 7.15. The molecule has 0 aliphatic carbocycles. The maximum atomic E-state index is 13.1. The van der Waals surface area contributed by atoms with Crippen LogP contribution in [0.4, 0.5) is 17.1 Å². The summed E-state index contributed by atoms with van der Waals surface area (Å²) in [7, 11) is 0. The maximum absolute atomic E-state index is 13.1. The minimum atomic E-state index is -0.418. The van der Waals surface area contributed by atoms with Gasteiger partial charge in [0.2, 0.25) is 5.91 Å². The van der Waals surface area contributed by atoms with Gasteiger partial charge in [-0.2, -0.15) is 0 Å². The van der Waals surface area contributed by atoms with Crippen LogP contribution in [0.3, 0.4) is 0 Å². The minimum absolute atomic E-state index is 0.0840. The average Bonchev–Trinajstić information content (AvgIpc) is 2.96. The molecule has 0 unspecified atom stereocenters. The molecule has 0 spiro atoms. The summed E-state index contributed by atoms with van der Waals surface area (Å²) >= 11 is 0. The van der Waals surface area contributed by atoms with E-state index in [1.807, 2.05) is 55.5 Å². The van der Waals surface area contributed by atoms with Gasteiger partial charge in [-0.05, 0) is 55.5 Å². The number of nitrogens with one attached hydrogen (secondary N) is 2. The molecule has 6 heteroatoms. The molecule has 0 radical (unpaired) electrons. The predicted octanol–water partition coefficient (Wildman–Crippen LogP) is 4.12. The molecule has 0 saturated carbocycles. The van der Waals surface area contributed by atoms with Gasteiger partial charge in [0.15, 0.2) is 6.17 Å². The molecular weight excluding hydrogens is 352 g/mol. The summed E-state index contributed by atoms with van der Waals surface area (Å²) < 4.78 is 0. The zero-order valence-corrected chi connectivity index (χ0v) is 15.6. The number of benzene rings is 2. The summed E-state index contributed by atoms with van der Waals surface area (Å²) in [5.74, 6) is -0.204. The zero-order valence-electron chi connectivity index (χ0n) is 15.6. The van der Waals surface area contributed by atoms with E-state index in [0.29, 0.717) is 11.3 Å². The second-order valence-corrected chi connectivity index (χ2v) is 6.75. The van der Waals surface area contributed by atoms with Crippen molar-refractivity contribution in [2.75, 3.05) is 15.5 Å². The van der Waals surface area contributed by atoms with Crippen molar-refractivity contribution in [1.82, 2.24) is 4.98 Å². The van der Waals surface area contributed by atoms with Crippen molar-refractivity contribution in [2.45, 2.75) is 20.0 Å². The molecular formula is C22H20N4O2. The highest BCUT2D eigenvalue weighted by Crippen LogP contribution is 2.37. The fraction of sp³-hybridized carbons (Fsp3) is 0.136. The lowest BCUT2D eigenvalue weighted by molar-refractivity contribution is -0.114. The smallest absolute Gasteiger partial charge is 0.262 e. The largest absolute Gasteiger partial charge is 0.360 e. The average molecular weight is 372 g/mol. The summed E-state index contributed by atoms with van der Waals surface area (Å²) in [4.78, 5) is 30.4. The van der Waals surface area contributed by atoms with Gasteiger partial charge in [-0.15, -0.1) is 0 Å². The van der Waals surface area contributed by atoms with E-state index >= 15 is 0 Å². The third-order valence-corrected chi connectivity index (χ3v) is 4.63. The maximum Gasteiger partial charge on any atom is 0.262 e. The third-order valence-electron chi connectivity index (χ3n) is 4.63. The fourth-order valence-corrected chi connectivity index (χ4v) is 3.30. The van der Waals surface area contributed by atoms with Gasteiger partial charge in [-0.25, -0.2) is 0 Å². The van der Waals surface area contributed by atoms with Gasteiger partial charge < -0.3 is 10.6 Å². The van der Waals surface area contributed by atoms with Gasteiger partial charge in [0.25, 0.3) is 5.91 Å². The van der Waals surface area contributed by atoms with Gasteiger partial charge in [0.05, 0.1) is 11.3 Å². The molecule has 0 bridgehead atoms. The molecule has 140 valence electrons. The van der Waals surface area contributed by atoms with Gasteiger partial charge in [0.1, 0.15) is 0 Å². The number of pyridine rings is 1. The lowest BCUT2D eigenvalue weighted by Gasteiger charge is -2.26. The summed E-state index contributed by atoms with van der Waals surface area (Å²) in [5.41, 5.74) is 4.76. The predicted molar refractivity (Wildman–Crippen MR) is 109 cm³/mol. The van der Waals surface area contributed by atoms with E-state index in [1.54, 1.807) is 23.2 Å². The van der Waals surface area contributed by atoms with Crippen molar-refractivity contribution in [2.24, 2.45) is 0 Å². The molecule has 2 N–H and O–H groups in total. The molecule has 3 aromatic rings. The number of carbonyl (C=O) groups is 2. The molecule has 1 aliphatic rings.